The first-order valence-electron chi connectivity index (χ1n) is 14.0. The molecule has 2 N–H and O–H groups in total. The Morgan fingerprint density at radius 3 is 2.29 bits per heavy atom. The highest BCUT2D eigenvalue weighted by atomic mass is 16.2. The number of benzene rings is 3. The van der Waals surface area contributed by atoms with Crippen molar-refractivity contribution in [2.75, 3.05) is 17.2 Å². The molecule has 4 aromatic rings. The molecular formula is C34H39N5O2. The zero-order valence-corrected chi connectivity index (χ0v) is 24.9. The number of carbonyl (C=O) groups excluding carboxylic acids is 2. The Morgan fingerprint density at radius 2 is 1.63 bits per heavy atom. The lowest BCUT2D eigenvalue weighted by atomic mass is 9.83. The summed E-state index contributed by atoms with van der Waals surface area (Å²) in [5.74, 6) is 0.307. The molecule has 2 amide bonds. The highest BCUT2D eigenvalue weighted by molar-refractivity contribution is 6.06. The van der Waals surface area contributed by atoms with Gasteiger partial charge in [-0.15, -0.1) is 0 Å². The monoisotopic (exact) mass is 549 g/mol. The van der Waals surface area contributed by atoms with Crippen molar-refractivity contribution in [2.24, 2.45) is 0 Å². The van der Waals surface area contributed by atoms with E-state index in [2.05, 4.69) is 36.4 Å². The summed E-state index contributed by atoms with van der Waals surface area (Å²) >= 11 is 0. The molecule has 212 valence electrons. The minimum atomic E-state index is -0.158. The van der Waals surface area contributed by atoms with Crippen molar-refractivity contribution >= 4 is 29.1 Å². The highest BCUT2D eigenvalue weighted by Crippen LogP contribution is 2.30. The van der Waals surface area contributed by atoms with Gasteiger partial charge in [0, 0.05) is 46.8 Å². The van der Waals surface area contributed by atoms with Crippen LogP contribution in [0.1, 0.15) is 73.4 Å². The van der Waals surface area contributed by atoms with Gasteiger partial charge in [0.1, 0.15) is 0 Å². The molecule has 0 saturated carbocycles. The molecule has 1 aromatic heterocycles. The molecule has 0 spiro atoms. The SMILES string of the molecule is CCN(C(=O)c1ccc(Nc2nccc(-c3cccc(NC(=O)c4ccccc4C(C)(C)C)c3C)n2)cc1)C(C)C. The molecule has 0 atom stereocenters. The second-order valence-corrected chi connectivity index (χ2v) is 11.4. The van der Waals surface area contributed by atoms with Gasteiger partial charge in [-0.2, -0.15) is 0 Å². The van der Waals surface area contributed by atoms with Crippen molar-refractivity contribution in [1.29, 1.82) is 0 Å². The Kier molecular flexibility index (Phi) is 8.86. The number of rotatable bonds is 8. The molecule has 0 bridgehead atoms. The molecule has 7 nitrogen and oxygen atoms in total. The summed E-state index contributed by atoms with van der Waals surface area (Å²) in [4.78, 5) is 37.1. The maximum atomic E-state index is 13.3. The van der Waals surface area contributed by atoms with Crippen LogP contribution in [-0.2, 0) is 5.41 Å². The van der Waals surface area contributed by atoms with E-state index in [1.54, 1.807) is 6.20 Å². The van der Waals surface area contributed by atoms with E-state index < -0.39 is 0 Å². The molecule has 0 fully saturated rings. The van der Waals surface area contributed by atoms with E-state index in [0.717, 1.165) is 33.8 Å². The van der Waals surface area contributed by atoms with E-state index in [1.807, 2.05) is 105 Å². The van der Waals surface area contributed by atoms with Gasteiger partial charge in [0.05, 0.1) is 5.69 Å². The van der Waals surface area contributed by atoms with Crippen molar-refractivity contribution < 1.29 is 9.59 Å². The summed E-state index contributed by atoms with van der Waals surface area (Å²) in [5, 5.41) is 6.35. The van der Waals surface area contributed by atoms with Crippen molar-refractivity contribution in [3.8, 4) is 11.3 Å². The maximum absolute atomic E-state index is 13.3. The summed E-state index contributed by atoms with van der Waals surface area (Å²) in [6, 6.07) is 22.8. The largest absolute Gasteiger partial charge is 0.337 e. The Labute approximate surface area is 243 Å². The number of hydrogen-bond acceptors (Lipinski definition) is 5. The summed E-state index contributed by atoms with van der Waals surface area (Å²) < 4.78 is 0. The summed E-state index contributed by atoms with van der Waals surface area (Å²) in [6.07, 6.45) is 1.70. The van der Waals surface area contributed by atoms with Crippen LogP contribution in [0.15, 0.2) is 79.0 Å². The van der Waals surface area contributed by atoms with Gasteiger partial charge in [-0.1, -0.05) is 51.1 Å². The first-order chi connectivity index (χ1) is 19.5. The molecule has 0 aliphatic heterocycles. The number of hydrogen-bond donors (Lipinski definition) is 2. The molecule has 0 unspecified atom stereocenters. The normalized spacial score (nSPS) is 11.3. The summed E-state index contributed by atoms with van der Waals surface area (Å²) in [6.45, 7) is 15.0. The first-order valence-corrected chi connectivity index (χ1v) is 14.0. The minimum Gasteiger partial charge on any atom is -0.337 e. The van der Waals surface area contributed by atoms with E-state index in [0.29, 0.717) is 23.6 Å². The summed E-state index contributed by atoms with van der Waals surface area (Å²) in [5.41, 5.74) is 6.19. The van der Waals surface area contributed by atoms with E-state index in [1.165, 1.54) is 0 Å². The number of carbonyl (C=O) groups is 2. The Balaban J connectivity index is 1.54. The zero-order chi connectivity index (χ0) is 29.7. The van der Waals surface area contributed by atoms with Crippen molar-refractivity contribution in [3.05, 3.63) is 101 Å². The first kappa shape index (κ1) is 29.5. The van der Waals surface area contributed by atoms with Crippen LogP contribution in [0.5, 0.6) is 0 Å². The van der Waals surface area contributed by atoms with Gasteiger partial charge >= 0.3 is 0 Å². The smallest absolute Gasteiger partial charge is 0.255 e. The Morgan fingerprint density at radius 1 is 0.927 bits per heavy atom. The van der Waals surface area contributed by atoms with Gasteiger partial charge in [0.2, 0.25) is 5.95 Å². The lowest BCUT2D eigenvalue weighted by molar-refractivity contribution is 0.0716. The Hall–Kier alpha value is -4.52. The van der Waals surface area contributed by atoms with Crippen LogP contribution in [-0.4, -0.2) is 39.3 Å². The van der Waals surface area contributed by atoms with Crippen LogP contribution < -0.4 is 10.6 Å². The number of nitrogens with zero attached hydrogens (tertiary/aromatic N) is 3. The molecule has 41 heavy (non-hydrogen) atoms. The number of aromatic nitrogens is 2. The van der Waals surface area contributed by atoms with E-state index in [-0.39, 0.29) is 23.3 Å². The third kappa shape index (κ3) is 6.80. The average molecular weight is 550 g/mol. The van der Waals surface area contributed by atoms with Gasteiger partial charge in [-0.05, 0) is 86.7 Å². The lowest BCUT2D eigenvalue weighted by Gasteiger charge is -2.25. The van der Waals surface area contributed by atoms with Crippen LogP contribution in [0.3, 0.4) is 0 Å². The topological polar surface area (TPSA) is 87.2 Å². The molecule has 7 heteroatoms. The highest BCUT2D eigenvalue weighted by Gasteiger charge is 2.22. The fourth-order valence-electron chi connectivity index (χ4n) is 4.88. The molecule has 0 radical (unpaired) electrons. The van der Waals surface area contributed by atoms with E-state index >= 15 is 0 Å². The molecule has 0 aliphatic carbocycles. The fourth-order valence-corrected chi connectivity index (χ4v) is 4.88. The summed E-state index contributed by atoms with van der Waals surface area (Å²) in [7, 11) is 0. The quantitative estimate of drug-likeness (QED) is 0.236. The second kappa shape index (κ2) is 12.3. The standard InChI is InChI=1S/C34H39N5O2/c1-8-39(22(2)3)32(41)24-16-18-25(19-17-24)36-33-35-21-20-30(38-33)26-13-11-15-29(23(26)4)37-31(40)27-12-9-10-14-28(27)34(5,6)7/h9-22H,8H2,1-7H3,(H,37,40)(H,35,36,38). The van der Waals surface area contributed by atoms with Crippen molar-refractivity contribution in [2.45, 2.75) is 59.9 Å². The lowest BCUT2D eigenvalue weighted by Crippen LogP contribution is -2.36. The molecular weight excluding hydrogens is 510 g/mol. The van der Waals surface area contributed by atoms with Gasteiger partial charge in [0.15, 0.2) is 0 Å². The second-order valence-electron chi connectivity index (χ2n) is 11.4. The number of amides is 2. The minimum absolute atomic E-state index is 0.0108. The maximum Gasteiger partial charge on any atom is 0.255 e. The molecule has 0 saturated heterocycles. The van der Waals surface area contributed by atoms with Crippen molar-refractivity contribution in [3.63, 3.8) is 0 Å². The van der Waals surface area contributed by atoms with Crippen LogP contribution in [0, 0.1) is 6.92 Å². The van der Waals surface area contributed by atoms with Gasteiger partial charge in [-0.3, -0.25) is 9.59 Å². The van der Waals surface area contributed by atoms with E-state index in [9.17, 15) is 9.59 Å². The average Bonchev–Trinajstić information content (AvgIpc) is 2.94. The fraction of sp³-hybridized carbons (Fsp3) is 0.294. The molecule has 0 aliphatic rings. The number of anilines is 3. The van der Waals surface area contributed by atoms with Crippen LogP contribution >= 0.6 is 0 Å². The van der Waals surface area contributed by atoms with Crippen LogP contribution in [0.4, 0.5) is 17.3 Å². The van der Waals surface area contributed by atoms with E-state index in [4.69, 9.17) is 4.98 Å². The molecule has 3 aromatic carbocycles. The third-order valence-electron chi connectivity index (χ3n) is 7.11. The predicted octanol–water partition coefficient (Wildman–Crippen LogP) is 7.62. The van der Waals surface area contributed by atoms with Gasteiger partial charge < -0.3 is 15.5 Å². The van der Waals surface area contributed by atoms with Crippen LogP contribution in [0.25, 0.3) is 11.3 Å². The van der Waals surface area contributed by atoms with Gasteiger partial charge in [0.25, 0.3) is 11.8 Å². The molecule has 1 heterocycles. The zero-order valence-electron chi connectivity index (χ0n) is 24.9. The Bertz CT molecular complexity index is 1540. The van der Waals surface area contributed by atoms with Crippen molar-refractivity contribution in [1.82, 2.24) is 14.9 Å². The third-order valence-corrected chi connectivity index (χ3v) is 7.11. The van der Waals surface area contributed by atoms with Gasteiger partial charge in [-0.25, -0.2) is 9.97 Å². The predicted molar refractivity (Wildman–Crippen MR) is 167 cm³/mol. The number of nitrogens with one attached hydrogen (secondary N) is 2. The van der Waals surface area contributed by atoms with Crippen LogP contribution in [0.2, 0.25) is 0 Å². The molecule has 4 rings (SSSR count).